The first-order valence-electron chi connectivity index (χ1n) is 5.82. The fourth-order valence-corrected chi connectivity index (χ4v) is 1.77. The largest absolute Gasteiger partial charge is 0.478 e. The lowest BCUT2D eigenvalue weighted by atomic mass is 10.1. The lowest BCUT2D eigenvalue weighted by Gasteiger charge is -2.05. The van der Waals surface area contributed by atoms with Crippen molar-refractivity contribution in [2.24, 2.45) is 0 Å². The predicted molar refractivity (Wildman–Crippen MR) is 67.6 cm³/mol. The monoisotopic (exact) mass is 242 g/mol. The van der Waals surface area contributed by atoms with Gasteiger partial charge in [0.25, 0.3) is 0 Å². The highest BCUT2D eigenvalue weighted by Crippen LogP contribution is 2.10. The van der Waals surface area contributed by atoms with Crippen LogP contribution in [0.1, 0.15) is 34.4 Å². The van der Waals surface area contributed by atoms with E-state index in [4.69, 9.17) is 5.11 Å². The van der Waals surface area contributed by atoms with Gasteiger partial charge < -0.3 is 5.11 Å². The number of carbonyl (C=O) groups is 1. The molecule has 2 aromatic rings. The van der Waals surface area contributed by atoms with Crippen LogP contribution in [0.2, 0.25) is 0 Å². The summed E-state index contributed by atoms with van der Waals surface area (Å²) in [4.78, 5) is 19.4. The van der Waals surface area contributed by atoms with Crippen LogP contribution in [0.4, 0.5) is 0 Å². The molecule has 1 N–H and O–H groups in total. The summed E-state index contributed by atoms with van der Waals surface area (Å²) in [5.41, 5.74) is 1.89. The van der Waals surface area contributed by atoms with E-state index in [1.807, 2.05) is 37.3 Å². The van der Waals surface area contributed by atoms with Crippen LogP contribution in [0.3, 0.4) is 0 Å². The second-order valence-corrected chi connectivity index (χ2v) is 3.97. The molecule has 92 valence electrons. The standard InChI is InChI=1S/C14H14N2O2/c1-2-12-11(14(17)18)9-15-13(16-12)8-10-6-4-3-5-7-10/h3-7,9H,2,8H2,1H3,(H,17,18). The van der Waals surface area contributed by atoms with Gasteiger partial charge in [-0.25, -0.2) is 14.8 Å². The number of hydrogen-bond acceptors (Lipinski definition) is 3. The van der Waals surface area contributed by atoms with Gasteiger partial charge in [-0.1, -0.05) is 37.3 Å². The second-order valence-electron chi connectivity index (χ2n) is 3.97. The highest BCUT2D eigenvalue weighted by Gasteiger charge is 2.12. The minimum atomic E-state index is -0.974. The molecule has 0 aliphatic rings. The average Bonchev–Trinajstić information content (AvgIpc) is 2.39. The van der Waals surface area contributed by atoms with Gasteiger partial charge in [-0.05, 0) is 12.0 Å². The molecular formula is C14H14N2O2. The van der Waals surface area contributed by atoms with Crippen molar-refractivity contribution in [2.45, 2.75) is 19.8 Å². The van der Waals surface area contributed by atoms with Crippen LogP contribution in [-0.4, -0.2) is 21.0 Å². The Morgan fingerprint density at radius 1 is 1.28 bits per heavy atom. The molecule has 0 spiro atoms. The maximum atomic E-state index is 11.0. The zero-order valence-corrected chi connectivity index (χ0v) is 10.1. The van der Waals surface area contributed by atoms with Crippen LogP contribution in [0.5, 0.6) is 0 Å². The third-order valence-corrected chi connectivity index (χ3v) is 2.69. The van der Waals surface area contributed by atoms with Gasteiger partial charge in [0.1, 0.15) is 5.82 Å². The van der Waals surface area contributed by atoms with Gasteiger partial charge in [0.05, 0.1) is 11.3 Å². The van der Waals surface area contributed by atoms with Crippen LogP contribution in [-0.2, 0) is 12.8 Å². The zero-order chi connectivity index (χ0) is 13.0. The molecule has 0 unspecified atom stereocenters. The number of aromatic carboxylic acids is 1. The number of carboxylic acids is 1. The number of benzene rings is 1. The molecule has 4 heteroatoms. The van der Waals surface area contributed by atoms with Crippen LogP contribution in [0.15, 0.2) is 36.5 Å². The summed E-state index contributed by atoms with van der Waals surface area (Å²) in [6.07, 6.45) is 2.60. The predicted octanol–water partition coefficient (Wildman–Crippen LogP) is 2.33. The van der Waals surface area contributed by atoms with E-state index in [1.165, 1.54) is 6.20 Å². The van der Waals surface area contributed by atoms with E-state index in [-0.39, 0.29) is 5.56 Å². The van der Waals surface area contributed by atoms with Crippen molar-refractivity contribution < 1.29 is 9.90 Å². The maximum Gasteiger partial charge on any atom is 0.339 e. The molecular weight excluding hydrogens is 228 g/mol. The molecule has 0 bridgehead atoms. The van der Waals surface area contributed by atoms with E-state index < -0.39 is 5.97 Å². The third-order valence-electron chi connectivity index (χ3n) is 2.69. The van der Waals surface area contributed by atoms with Crippen molar-refractivity contribution in [2.75, 3.05) is 0 Å². The quantitative estimate of drug-likeness (QED) is 0.893. The highest BCUT2D eigenvalue weighted by molar-refractivity contribution is 5.88. The summed E-state index contributed by atoms with van der Waals surface area (Å²) in [5.74, 6) is -0.318. The first-order valence-corrected chi connectivity index (χ1v) is 5.82. The Kier molecular flexibility index (Phi) is 3.67. The van der Waals surface area contributed by atoms with Gasteiger partial charge in [-0.3, -0.25) is 0 Å². The van der Waals surface area contributed by atoms with E-state index >= 15 is 0 Å². The molecule has 0 saturated heterocycles. The fourth-order valence-electron chi connectivity index (χ4n) is 1.77. The van der Waals surface area contributed by atoms with Crippen LogP contribution in [0, 0.1) is 0 Å². The van der Waals surface area contributed by atoms with Crippen LogP contribution >= 0.6 is 0 Å². The van der Waals surface area contributed by atoms with Crippen molar-refractivity contribution in [1.82, 2.24) is 9.97 Å². The van der Waals surface area contributed by atoms with Gasteiger partial charge in [-0.2, -0.15) is 0 Å². The molecule has 0 radical (unpaired) electrons. The van der Waals surface area contributed by atoms with Gasteiger partial charge >= 0.3 is 5.97 Å². The van der Waals surface area contributed by atoms with Crippen molar-refractivity contribution in [3.05, 3.63) is 59.2 Å². The molecule has 1 heterocycles. The number of hydrogen-bond donors (Lipinski definition) is 1. The van der Waals surface area contributed by atoms with Gasteiger partial charge in [0.15, 0.2) is 0 Å². The van der Waals surface area contributed by atoms with E-state index in [2.05, 4.69) is 9.97 Å². The minimum absolute atomic E-state index is 0.189. The Balaban J connectivity index is 2.28. The lowest BCUT2D eigenvalue weighted by Crippen LogP contribution is -2.08. The molecule has 18 heavy (non-hydrogen) atoms. The van der Waals surface area contributed by atoms with E-state index in [9.17, 15) is 4.79 Å². The maximum absolute atomic E-state index is 11.0. The SMILES string of the molecule is CCc1nc(Cc2ccccc2)ncc1C(=O)O. The Morgan fingerprint density at radius 3 is 2.61 bits per heavy atom. The Labute approximate surface area is 105 Å². The first-order chi connectivity index (χ1) is 8.70. The summed E-state index contributed by atoms with van der Waals surface area (Å²) in [6.45, 7) is 1.89. The van der Waals surface area contributed by atoms with Crippen LogP contribution < -0.4 is 0 Å². The Hall–Kier alpha value is -2.23. The summed E-state index contributed by atoms with van der Waals surface area (Å²) in [7, 11) is 0. The molecule has 1 aromatic carbocycles. The minimum Gasteiger partial charge on any atom is -0.478 e. The number of rotatable bonds is 4. The summed E-state index contributed by atoms with van der Waals surface area (Å²) in [5, 5.41) is 9.00. The normalized spacial score (nSPS) is 10.3. The summed E-state index contributed by atoms with van der Waals surface area (Å²) in [6, 6.07) is 9.87. The van der Waals surface area contributed by atoms with Gasteiger partial charge in [-0.15, -0.1) is 0 Å². The molecule has 0 fully saturated rings. The number of carboxylic acid groups (broad SMARTS) is 1. The molecule has 4 nitrogen and oxygen atoms in total. The van der Waals surface area contributed by atoms with Crippen molar-refractivity contribution in [1.29, 1.82) is 0 Å². The number of aryl methyl sites for hydroxylation is 1. The van der Waals surface area contributed by atoms with Gasteiger partial charge in [0, 0.05) is 12.6 Å². The molecule has 0 atom stereocenters. The van der Waals surface area contributed by atoms with E-state index in [0.717, 1.165) is 5.56 Å². The average molecular weight is 242 g/mol. The lowest BCUT2D eigenvalue weighted by molar-refractivity contribution is 0.0694. The first kappa shape index (κ1) is 12.2. The van der Waals surface area contributed by atoms with E-state index in [1.54, 1.807) is 0 Å². The van der Waals surface area contributed by atoms with Crippen molar-refractivity contribution in [3.8, 4) is 0 Å². The number of aromatic nitrogens is 2. The van der Waals surface area contributed by atoms with Crippen LogP contribution in [0.25, 0.3) is 0 Å². The third kappa shape index (κ3) is 2.71. The Bertz CT molecular complexity index is 553. The molecule has 0 amide bonds. The molecule has 0 saturated carbocycles. The Morgan fingerprint density at radius 2 is 2.00 bits per heavy atom. The fraction of sp³-hybridized carbons (Fsp3) is 0.214. The van der Waals surface area contributed by atoms with E-state index in [0.29, 0.717) is 24.4 Å². The summed E-state index contributed by atoms with van der Waals surface area (Å²) >= 11 is 0. The highest BCUT2D eigenvalue weighted by atomic mass is 16.4. The number of nitrogens with zero attached hydrogens (tertiary/aromatic N) is 2. The molecule has 0 aliphatic carbocycles. The molecule has 1 aromatic heterocycles. The van der Waals surface area contributed by atoms with Crippen molar-refractivity contribution >= 4 is 5.97 Å². The second kappa shape index (κ2) is 5.40. The smallest absolute Gasteiger partial charge is 0.339 e. The molecule has 2 rings (SSSR count). The van der Waals surface area contributed by atoms with Gasteiger partial charge in [0.2, 0.25) is 0 Å². The van der Waals surface area contributed by atoms with Crippen molar-refractivity contribution in [3.63, 3.8) is 0 Å². The zero-order valence-electron chi connectivity index (χ0n) is 10.1. The topological polar surface area (TPSA) is 63.1 Å². The molecule has 0 aliphatic heterocycles. The summed E-state index contributed by atoms with van der Waals surface area (Å²) < 4.78 is 0.